The summed E-state index contributed by atoms with van der Waals surface area (Å²) in [6.45, 7) is 0.485. The molecule has 2 aromatic heterocycles. The number of nitrogens with two attached hydrogens (primary N) is 2. The van der Waals surface area contributed by atoms with Crippen LogP contribution in [-0.4, -0.2) is 40.3 Å². The Balaban J connectivity index is 1.80. The number of nitrogens with zero attached hydrogens (tertiary/aromatic N) is 3. The van der Waals surface area contributed by atoms with Gasteiger partial charge in [0.15, 0.2) is 11.6 Å². The van der Waals surface area contributed by atoms with Crippen LogP contribution in [0.15, 0.2) is 65.6 Å². The number of hydrogen-bond acceptors (Lipinski definition) is 6. The number of carbonyl (C=O) groups excluding carboxylic acids is 1. The predicted octanol–water partition coefficient (Wildman–Crippen LogP) is 2.22. The topological polar surface area (TPSA) is 132 Å². The average molecular weight is 388 g/mol. The number of ether oxygens (including phenoxy) is 1. The van der Waals surface area contributed by atoms with Gasteiger partial charge in [-0.1, -0.05) is 12.1 Å². The quantitative estimate of drug-likeness (QED) is 0.616. The Morgan fingerprint density at radius 3 is 2.52 bits per heavy atom. The number of benzene rings is 1. The normalized spacial score (nSPS) is 16.1. The first kappa shape index (κ1) is 18.4. The molecule has 1 unspecified atom stereocenters. The first-order chi connectivity index (χ1) is 14.1. The molecule has 0 saturated heterocycles. The largest absolute Gasteiger partial charge is 0.493 e. The smallest absolute Gasteiger partial charge is 0.248 e. The number of aliphatic imine (C=N–C) groups is 1. The number of methoxy groups -OCH3 is 1. The summed E-state index contributed by atoms with van der Waals surface area (Å²) in [6, 6.07) is 10.8. The van der Waals surface area contributed by atoms with E-state index >= 15 is 0 Å². The van der Waals surface area contributed by atoms with Gasteiger partial charge in [0.2, 0.25) is 5.91 Å². The molecule has 0 aliphatic carbocycles. The lowest BCUT2D eigenvalue weighted by Crippen LogP contribution is -2.23. The van der Waals surface area contributed by atoms with Crippen molar-refractivity contribution in [1.29, 1.82) is 0 Å². The van der Waals surface area contributed by atoms with Crippen LogP contribution in [-0.2, 0) is 4.74 Å². The van der Waals surface area contributed by atoms with Crippen molar-refractivity contribution in [2.45, 2.75) is 5.92 Å². The van der Waals surface area contributed by atoms with Crippen molar-refractivity contribution in [1.82, 2.24) is 15.0 Å². The highest BCUT2D eigenvalue weighted by Crippen LogP contribution is 2.33. The van der Waals surface area contributed by atoms with Crippen LogP contribution in [0.2, 0.25) is 0 Å². The first-order valence-electron chi connectivity index (χ1n) is 9.03. The number of aromatic nitrogens is 3. The van der Waals surface area contributed by atoms with Crippen LogP contribution in [0.5, 0.6) is 0 Å². The lowest BCUT2D eigenvalue weighted by molar-refractivity contribution is 0.100. The number of aromatic amines is 1. The van der Waals surface area contributed by atoms with Crippen LogP contribution < -0.4 is 11.5 Å². The summed E-state index contributed by atoms with van der Waals surface area (Å²) < 4.78 is 5.35. The van der Waals surface area contributed by atoms with Gasteiger partial charge < -0.3 is 21.2 Å². The summed E-state index contributed by atoms with van der Waals surface area (Å²) in [5.41, 5.74) is 15.1. The number of amidine groups is 1. The number of hydrogen-bond donors (Lipinski definition) is 3. The first-order valence-corrected chi connectivity index (χ1v) is 9.03. The van der Waals surface area contributed by atoms with Gasteiger partial charge in [0.1, 0.15) is 5.82 Å². The van der Waals surface area contributed by atoms with Crippen molar-refractivity contribution in [3.05, 3.63) is 71.9 Å². The number of H-pyrrole nitrogens is 1. The fourth-order valence-corrected chi connectivity index (χ4v) is 3.26. The number of imidazole rings is 1. The SMILES string of the molecule is COC1=CC(c2[nH]c(-c3ccc(C(N)=O)cc3)nc2-c2ccncc2)CN=C1N. The average Bonchev–Trinajstić information content (AvgIpc) is 3.20. The number of dihydropyridines is 1. The second-order valence-corrected chi connectivity index (χ2v) is 6.59. The molecule has 1 aliphatic rings. The minimum atomic E-state index is -0.468. The van der Waals surface area contributed by atoms with E-state index < -0.39 is 5.91 Å². The van der Waals surface area contributed by atoms with E-state index in [1.807, 2.05) is 30.3 Å². The van der Waals surface area contributed by atoms with E-state index in [1.54, 1.807) is 31.6 Å². The lowest BCUT2D eigenvalue weighted by Gasteiger charge is -2.18. The van der Waals surface area contributed by atoms with Gasteiger partial charge in [-0.25, -0.2) is 4.98 Å². The number of pyridine rings is 1. The van der Waals surface area contributed by atoms with E-state index in [1.165, 1.54) is 0 Å². The summed E-state index contributed by atoms with van der Waals surface area (Å²) in [5, 5.41) is 0. The van der Waals surface area contributed by atoms with Crippen LogP contribution >= 0.6 is 0 Å². The van der Waals surface area contributed by atoms with Crippen molar-refractivity contribution in [2.24, 2.45) is 16.5 Å². The summed E-state index contributed by atoms with van der Waals surface area (Å²) in [7, 11) is 1.57. The van der Waals surface area contributed by atoms with Gasteiger partial charge in [0, 0.05) is 35.0 Å². The molecule has 3 heterocycles. The molecule has 3 aromatic rings. The highest BCUT2D eigenvalue weighted by atomic mass is 16.5. The van der Waals surface area contributed by atoms with Crippen molar-refractivity contribution in [3.63, 3.8) is 0 Å². The molecule has 0 fully saturated rings. The van der Waals surface area contributed by atoms with E-state index in [0.717, 1.165) is 22.5 Å². The maximum absolute atomic E-state index is 11.3. The molecular weight excluding hydrogens is 368 g/mol. The van der Waals surface area contributed by atoms with Crippen molar-refractivity contribution in [3.8, 4) is 22.6 Å². The molecule has 4 rings (SSSR count). The third-order valence-electron chi connectivity index (χ3n) is 4.78. The number of carbonyl (C=O) groups is 1. The number of primary amides is 1. The monoisotopic (exact) mass is 388 g/mol. The van der Waals surface area contributed by atoms with Gasteiger partial charge in [0.25, 0.3) is 0 Å². The van der Waals surface area contributed by atoms with Gasteiger partial charge in [-0.2, -0.15) is 0 Å². The Hall–Kier alpha value is -3.94. The maximum Gasteiger partial charge on any atom is 0.248 e. The number of amides is 1. The Morgan fingerprint density at radius 2 is 1.86 bits per heavy atom. The molecule has 5 N–H and O–H groups in total. The van der Waals surface area contributed by atoms with Crippen LogP contribution in [0.4, 0.5) is 0 Å². The van der Waals surface area contributed by atoms with E-state index in [4.69, 9.17) is 21.2 Å². The Morgan fingerprint density at radius 1 is 1.14 bits per heavy atom. The number of nitrogens with one attached hydrogen (secondary N) is 1. The Labute approximate surface area is 167 Å². The zero-order chi connectivity index (χ0) is 20.4. The summed E-state index contributed by atoms with van der Waals surface area (Å²) >= 11 is 0. The van der Waals surface area contributed by atoms with E-state index in [2.05, 4.69) is 15.0 Å². The summed E-state index contributed by atoms with van der Waals surface area (Å²) in [6.07, 6.45) is 5.39. The van der Waals surface area contributed by atoms with Gasteiger partial charge >= 0.3 is 0 Å². The molecule has 1 aromatic carbocycles. The fraction of sp³-hybridized carbons (Fsp3) is 0.143. The minimum Gasteiger partial charge on any atom is -0.493 e. The Bertz CT molecular complexity index is 1100. The van der Waals surface area contributed by atoms with Crippen molar-refractivity contribution in [2.75, 3.05) is 13.7 Å². The van der Waals surface area contributed by atoms with Crippen molar-refractivity contribution >= 4 is 11.7 Å². The van der Waals surface area contributed by atoms with E-state index in [-0.39, 0.29) is 5.92 Å². The fourth-order valence-electron chi connectivity index (χ4n) is 3.26. The van der Waals surface area contributed by atoms with Crippen molar-refractivity contribution < 1.29 is 9.53 Å². The molecule has 1 atom stereocenters. The molecule has 0 spiro atoms. The minimum absolute atomic E-state index is 0.0773. The summed E-state index contributed by atoms with van der Waals surface area (Å²) in [4.78, 5) is 28.0. The van der Waals surface area contributed by atoms with Crippen LogP contribution in [0.1, 0.15) is 22.0 Å². The molecule has 8 nitrogen and oxygen atoms in total. The third kappa shape index (κ3) is 3.60. The van der Waals surface area contributed by atoms with Gasteiger partial charge in [-0.05, 0) is 30.3 Å². The molecule has 8 heteroatoms. The predicted molar refractivity (Wildman–Crippen MR) is 110 cm³/mol. The van der Waals surface area contributed by atoms with Gasteiger partial charge in [0.05, 0.1) is 25.0 Å². The Kier molecular flexibility index (Phi) is 4.82. The maximum atomic E-state index is 11.3. The number of rotatable bonds is 5. The molecule has 1 amide bonds. The molecule has 29 heavy (non-hydrogen) atoms. The van der Waals surface area contributed by atoms with Gasteiger partial charge in [-0.15, -0.1) is 0 Å². The summed E-state index contributed by atoms with van der Waals surface area (Å²) in [5.74, 6) is 1.06. The highest BCUT2D eigenvalue weighted by molar-refractivity contribution is 5.96. The molecule has 1 aliphatic heterocycles. The van der Waals surface area contributed by atoms with E-state index in [0.29, 0.717) is 29.5 Å². The lowest BCUT2D eigenvalue weighted by atomic mass is 9.98. The molecular formula is C21H20N6O2. The molecule has 0 bridgehead atoms. The molecule has 0 radical (unpaired) electrons. The van der Waals surface area contributed by atoms with Crippen LogP contribution in [0.25, 0.3) is 22.6 Å². The van der Waals surface area contributed by atoms with Gasteiger partial charge in [-0.3, -0.25) is 14.8 Å². The second kappa shape index (κ2) is 7.59. The molecule has 0 saturated carbocycles. The third-order valence-corrected chi connectivity index (χ3v) is 4.78. The standard InChI is InChI=1S/C21H20N6O2/c1-29-16-10-15(11-25-19(16)22)18-17(12-6-8-24-9-7-12)26-21(27-18)14-4-2-13(3-5-14)20(23)28/h2-10,15H,11H2,1H3,(H2,22,25)(H2,23,28)(H,26,27). The van der Waals surface area contributed by atoms with E-state index in [9.17, 15) is 4.79 Å². The highest BCUT2D eigenvalue weighted by Gasteiger charge is 2.24. The van der Waals surface area contributed by atoms with Crippen LogP contribution in [0.3, 0.4) is 0 Å². The second-order valence-electron chi connectivity index (χ2n) is 6.59. The zero-order valence-corrected chi connectivity index (χ0v) is 15.8. The van der Waals surface area contributed by atoms with Crippen LogP contribution in [0, 0.1) is 0 Å². The zero-order valence-electron chi connectivity index (χ0n) is 15.8. The molecule has 146 valence electrons.